The maximum atomic E-state index is 4.64. The van der Waals surface area contributed by atoms with E-state index in [0.717, 1.165) is 4.21 Å². The van der Waals surface area contributed by atoms with Crippen LogP contribution in [0.2, 0.25) is 0 Å². The van der Waals surface area contributed by atoms with Gasteiger partial charge in [0.1, 0.15) is 0 Å². The van der Waals surface area contributed by atoms with Crippen LogP contribution in [-0.4, -0.2) is 9.59 Å². The fourth-order valence-electron chi connectivity index (χ4n) is 0.158. The first-order valence-electron chi connectivity index (χ1n) is 1.34. The summed E-state index contributed by atoms with van der Waals surface area (Å²) in [5, 5.41) is 3.49. The first-order chi connectivity index (χ1) is 2.89. The Labute approximate surface area is 93.7 Å². The van der Waals surface area contributed by atoms with Gasteiger partial charge < -0.3 is 12.6 Å². The van der Waals surface area contributed by atoms with Gasteiger partial charge in [-0.2, -0.15) is 5.10 Å². The Morgan fingerprint density at radius 3 is 2.57 bits per heavy atom. The molecule has 0 aliphatic carbocycles. The number of rotatable bonds is 0. The summed E-state index contributed by atoms with van der Waals surface area (Å²) < 4.78 is 4.25. The third-order valence-electron chi connectivity index (χ3n) is 0.341. The van der Waals surface area contributed by atoms with E-state index in [1.165, 1.54) is 11.5 Å². The second-order valence-corrected chi connectivity index (χ2v) is 2.22. The van der Waals surface area contributed by atoms with Gasteiger partial charge in [-0.15, -0.1) is 0 Å². The van der Waals surface area contributed by atoms with Gasteiger partial charge in [0.05, 0.1) is 0 Å². The largest absolute Gasteiger partial charge is 1.00 e. The molecule has 0 fully saturated rings. The van der Waals surface area contributed by atoms with E-state index in [9.17, 15) is 0 Å². The van der Waals surface area contributed by atoms with Crippen LogP contribution in [0.1, 0.15) is 0 Å². The Morgan fingerprint density at radius 1 is 1.71 bits per heavy atom. The van der Waals surface area contributed by atoms with Crippen LogP contribution >= 0.6 is 11.5 Å². The molecule has 0 spiro atoms. The van der Waals surface area contributed by atoms with E-state index in [4.69, 9.17) is 0 Å². The van der Waals surface area contributed by atoms with E-state index >= 15 is 0 Å². The summed E-state index contributed by atoms with van der Waals surface area (Å²) in [5.74, 6) is 0. The quantitative estimate of drug-likeness (QED) is 0.305. The van der Waals surface area contributed by atoms with Gasteiger partial charge in [-0.3, -0.25) is 0 Å². The Kier molecular flexibility index (Phi) is 5.18. The van der Waals surface area contributed by atoms with Crippen LogP contribution in [0.3, 0.4) is 0 Å². The minimum Gasteiger partial charge on any atom is -0.425 e. The topological polar surface area (TPSA) is 25.8 Å². The molecule has 0 amide bonds. The second-order valence-electron chi connectivity index (χ2n) is 0.737. The van der Waals surface area contributed by atoms with Gasteiger partial charge in [-0.25, -0.2) is 16.0 Å². The maximum Gasteiger partial charge on any atom is 1.00 e. The number of aromatic nitrogens is 2. The molecule has 32 valence electrons. The van der Waals surface area contributed by atoms with Crippen molar-refractivity contribution in [2.24, 2.45) is 0 Å². The fourth-order valence-corrected chi connectivity index (χ4v) is 0.574. The van der Waals surface area contributed by atoms with E-state index in [1.54, 1.807) is 6.20 Å². The molecule has 1 aromatic rings. The molecule has 0 unspecified atom stereocenters. The van der Waals surface area contributed by atoms with Gasteiger partial charge in [-0.05, 0) is 0 Å². The van der Waals surface area contributed by atoms with Gasteiger partial charge in [0, 0.05) is 6.20 Å². The predicted molar refractivity (Wildman–Crippen MR) is 25.5 cm³/mol. The summed E-state index contributed by atoms with van der Waals surface area (Å²) in [4.78, 5) is 0. The molecular weight excluding hydrogens is 155 g/mol. The Balaban J connectivity index is 0.000000360. The van der Waals surface area contributed by atoms with E-state index < -0.39 is 0 Å². The molecule has 0 saturated heterocycles. The van der Waals surface area contributed by atoms with Crippen molar-refractivity contribution < 1.29 is 51.4 Å². The van der Waals surface area contributed by atoms with Crippen molar-refractivity contribution in [3.63, 3.8) is 0 Å². The number of hydrogen-bond acceptors (Lipinski definition) is 4. The van der Waals surface area contributed by atoms with Crippen molar-refractivity contribution in [1.82, 2.24) is 9.59 Å². The van der Waals surface area contributed by atoms with Crippen LogP contribution in [-0.2, 0) is 12.6 Å². The molecule has 0 bridgehead atoms. The van der Waals surface area contributed by atoms with Crippen molar-refractivity contribution in [2.75, 3.05) is 0 Å². The smallest absolute Gasteiger partial charge is 0.425 e. The molecule has 0 aromatic carbocycles. The van der Waals surface area contributed by atoms with E-state index in [0.29, 0.717) is 0 Å². The van der Waals surface area contributed by atoms with Gasteiger partial charge in [0.2, 0.25) is 0 Å². The van der Waals surface area contributed by atoms with Crippen LogP contribution in [0.5, 0.6) is 0 Å². The van der Waals surface area contributed by atoms with Crippen LogP contribution in [0, 0.1) is 0 Å². The molecule has 0 atom stereocenters. The monoisotopic (exact) mass is 156 g/mol. The van der Waals surface area contributed by atoms with E-state index in [2.05, 4.69) is 22.2 Å². The summed E-state index contributed by atoms with van der Waals surface area (Å²) in [5.41, 5.74) is 0. The van der Waals surface area contributed by atoms with Crippen LogP contribution in [0.15, 0.2) is 10.4 Å². The van der Waals surface area contributed by atoms with Crippen LogP contribution in [0.4, 0.5) is 0 Å². The summed E-state index contributed by atoms with van der Waals surface area (Å²) in [6.45, 7) is 0. The molecule has 2 nitrogen and oxygen atoms in total. The third kappa shape index (κ3) is 3.07. The summed E-state index contributed by atoms with van der Waals surface area (Å²) in [6, 6.07) is 0. The molecule has 1 aromatic heterocycles. The van der Waals surface area contributed by atoms with E-state index in [1.807, 2.05) is 0 Å². The second kappa shape index (κ2) is 4.31. The summed E-state index contributed by atoms with van der Waals surface area (Å²) in [6.07, 6.45) is 1.56. The molecule has 1 heterocycles. The minimum atomic E-state index is 0. The normalized spacial score (nSPS) is 7.43. The molecule has 0 aliphatic heterocycles. The van der Waals surface area contributed by atoms with Gasteiger partial charge >= 0.3 is 51.4 Å². The van der Waals surface area contributed by atoms with Crippen LogP contribution < -0.4 is 51.4 Å². The van der Waals surface area contributed by atoms with Crippen molar-refractivity contribution >= 4 is 24.2 Å². The van der Waals surface area contributed by atoms with E-state index in [-0.39, 0.29) is 51.4 Å². The first kappa shape index (κ1) is 8.42. The minimum absolute atomic E-state index is 0. The average Bonchev–Trinajstić information content (AvgIpc) is 1.86. The molecule has 7 heavy (non-hydrogen) atoms. The van der Waals surface area contributed by atoms with Crippen molar-refractivity contribution in [3.05, 3.63) is 6.20 Å². The Hall–Kier alpha value is 1.42. The number of hydrogen-bond donors (Lipinski definition) is 0. The molecular formula is C2HKN2S2. The zero-order chi connectivity index (χ0) is 4.41. The molecule has 1 rings (SSSR count). The van der Waals surface area contributed by atoms with Crippen molar-refractivity contribution in [1.29, 1.82) is 0 Å². The zero-order valence-electron chi connectivity index (χ0n) is 3.79. The zero-order valence-corrected chi connectivity index (χ0v) is 8.54. The van der Waals surface area contributed by atoms with Gasteiger partial charge in [0.25, 0.3) is 0 Å². The standard InChI is InChI=1S/C2H2N2S2.K/c5-2-1-3-4-6-2;/h1,5H;/q;+1/p-1. The van der Waals surface area contributed by atoms with Gasteiger partial charge in [0.15, 0.2) is 0 Å². The van der Waals surface area contributed by atoms with Gasteiger partial charge in [-0.1, -0.05) is 4.21 Å². The predicted octanol–water partition coefficient (Wildman–Crippen LogP) is -2.55. The average molecular weight is 156 g/mol. The number of nitrogens with zero attached hydrogens (tertiary/aromatic N) is 2. The summed E-state index contributed by atoms with van der Waals surface area (Å²) in [7, 11) is 0. The third-order valence-corrected chi connectivity index (χ3v) is 1.13. The fraction of sp³-hybridized carbons (Fsp3) is 0. The molecule has 0 N–H and O–H groups in total. The molecule has 5 heteroatoms. The molecule has 0 saturated carbocycles. The Bertz CT molecular complexity index is 117. The SMILES string of the molecule is [K+].[S-]c1cnns1. The first-order valence-corrected chi connectivity index (χ1v) is 2.52. The summed E-state index contributed by atoms with van der Waals surface area (Å²) >= 11 is 5.87. The maximum absolute atomic E-state index is 4.64. The molecule has 0 radical (unpaired) electrons. The van der Waals surface area contributed by atoms with Crippen molar-refractivity contribution in [2.45, 2.75) is 4.21 Å². The Morgan fingerprint density at radius 2 is 2.43 bits per heavy atom. The molecule has 0 aliphatic rings. The van der Waals surface area contributed by atoms with Crippen molar-refractivity contribution in [3.8, 4) is 0 Å². The van der Waals surface area contributed by atoms with Crippen LogP contribution in [0.25, 0.3) is 0 Å².